The molecular weight excluding hydrogens is 312 g/mol. The standard InChI is InChI=1S/C22H22OS/c1-15(20-13-17-7-3-5-9-19(17)23-20)11-12-16(2)22-14-18-8-4-6-10-21(18)24-22/h3-10,13-16H,11-12H2,1-2H3. The molecule has 122 valence electrons. The Hall–Kier alpha value is -2.06. The lowest BCUT2D eigenvalue weighted by atomic mass is 9.95. The molecule has 4 rings (SSSR count). The van der Waals surface area contributed by atoms with Gasteiger partial charge in [0.2, 0.25) is 0 Å². The first kappa shape index (κ1) is 15.5. The highest BCUT2D eigenvalue weighted by Gasteiger charge is 2.15. The summed E-state index contributed by atoms with van der Waals surface area (Å²) in [5, 5.41) is 2.58. The van der Waals surface area contributed by atoms with Crippen LogP contribution >= 0.6 is 11.3 Å². The Balaban J connectivity index is 1.45. The average Bonchev–Trinajstić information content (AvgIpc) is 3.23. The van der Waals surface area contributed by atoms with Gasteiger partial charge in [0, 0.05) is 20.9 Å². The second-order valence-corrected chi connectivity index (χ2v) is 7.87. The molecule has 0 radical (unpaired) electrons. The molecule has 0 aliphatic rings. The third-order valence-electron chi connectivity index (χ3n) is 4.89. The van der Waals surface area contributed by atoms with E-state index in [1.54, 1.807) is 0 Å². The molecule has 0 aliphatic heterocycles. The molecule has 0 amide bonds. The van der Waals surface area contributed by atoms with Crippen molar-refractivity contribution in [3.63, 3.8) is 0 Å². The van der Waals surface area contributed by atoms with Crippen molar-refractivity contribution < 1.29 is 4.42 Å². The van der Waals surface area contributed by atoms with Gasteiger partial charge >= 0.3 is 0 Å². The average molecular weight is 334 g/mol. The zero-order valence-corrected chi connectivity index (χ0v) is 15.0. The minimum absolute atomic E-state index is 0.453. The van der Waals surface area contributed by atoms with Crippen LogP contribution in [0.1, 0.15) is 49.2 Å². The first-order valence-corrected chi connectivity index (χ1v) is 9.49. The zero-order valence-electron chi connectivity index (χ0n) is 14.2. The highest BCUT2D eigenvalue weighted by atomic mass is 32.1. The van der Waals surface area contributed by atoms with E-state index in [-0.39, 0.29) is 0 Å². The highest BCUT2D eigenvalue weighted by molar-refractivity contribution is 7.19. The molecule has 0 spiro atoms. The maximum atomic E-state index is 6.02. The Morgan fingerprint density at radius 2 is 1.54 bits per heavy atom. The Kier molecular flexibility index (Phi) is 4.15. The molecule has 2 aromatic carbocycles. The highest BCUT2D eigenvalue weighted by Crippen LogP contribution is 2.35. The predicted octanol–water partition coefficient (Wildman–Crippen LogP) is 7.33. The number of thiophene rings is 1. The largest absolute Gasteiger partial charge is 0.461 e. The van der Waals surface area contributed by atoms with Gasteiger partial charge < -0.3 is 4.42 Å². The Bertz CT molecular complexity index is 816. The molecule has 24 heavy (non-hydrogen) atoms. The van der Waals surface area contributed by atoms with E-state index in [9.17, 15) is 0 Å². The van der Waals surface area contributed by atoms with Crippen molar-refractivity contribution in [3.8, 4) is 0 Å². The lowest BCUT2D eigenvalue weighted by molar-refractivity contribution is 0.470. The minimum atomic E-state index is 0.453. The summed E-state index contributed by atoms with van der Waals surface area (Å²) in [7, 11) is 0. The summed E-state index contributed by atoms with van der Waals surface area (Å²) in [6.07, 6.45) is 2.33. The quantitative estimate of drug-likeness (QED) is 0.372. The predicted molar refractivity (Wildman–Crippen MR) is 104 cm³/mol. The van der Waals surface area contributed by atoms with Gasteiger partial charge in [-0.15, -0.1) is 11.3 Å². The van der Waals surface area contributed by atoms with Gasteiger partial charge in [0.25, 0.3) is 0 Å². The fourth-order valence-electron chi connectivity index (χ4n) is 3.28. The van der Waals surface area contributed by atoms with Crippen LogP contribution in [0.5, 0.6) is 0 Å². The molecule has 0 bridgehead atoms. The van der Waals surface area contributed by atoms with Gasteiger partial charge in [-0.05, 0) is 48.4 Å². The summed E-state index contributed by atoms with van der Waals surface area (Å²) in [6, 6.07) is 21.5. The number of fused-ring (bicyclic) bond motifs is 2. The van der Waals surface area contributed by atoms with Gasteiger partial charge in [0.05, 0.1) is 0 Å². The fourth-order valence-corrected chi connectivity index (χ4v) is 4.43. The Morgan fingerprint density at radius 1 is 0.833 bits per heavy atom. The van der Waals surface area contributed by atoms with Crippen LogP contribution < -0.4 is 0 Å². The van der Waals surface area contributed by atoms with Gasteiger partial charge in [0.15, 0.2) is 0 Å². The first-order valence-electron chi connectivity index (χ1n) is 8.67. The SMILES string of the molecule is CC(CCC(C)c1cc2ccccc2s1)c1cc2ccccc2o1. The van der Waals surface area contributed by atoms with E-state index in [0.717, 1.165) is 17.8 Å². The Labute approximate surface area is 146 Å². The number of rotatable bonds is 5. The van der Waals surface area contributed by atoms with Crippen molar-refractivity contribution >= 4 is 32.4 Å². The monoisotopic (exact) mass is 334 g/mol. The summed E-state index contributed by atoms with van der Waals surface area (Å²) < 4.78 is 7.41. The summed E-state index contributed by atoms with van der Waals surface area (Å²) in [6.45, 7) is 4.62. The van der Waals surface area contributed by atoms with E-state index < -0.39 is 0 Å². The van der Waals surface area contributed by atoms with Crippen molar-refractivity contribution in [2.75, 3.05) is 0 Å². The van der Waals surface area contributed by atoms with Crippen LogP contribution in [0.4, 0.5) is 0 Å². The number of hydrogen-bond acceptors (Lipinski definition) is 2. The van der Waals surface area contributed by atoms with E-state index in [0.29, 0.717) is 11.8 Å². The molecule has 2 heterocycles. The van der Waals surface area contributed by atoms with E-state index in [4.69, 9.17) is 4.42 Å². The van der Waals surface area contributed by atoms with E-state index in [1.807, 2.05) is 23.5 Å². The summed E-state index contributed by atoms with van der Waals surface area (Å²) >= 11 is 1.93. The molecule has 2 heteroatoms. The second kappa shape index (κ2) is 6.45. The topological polar surface area (TPSA) is 13.1 Å². The van der Waals surface area contributed by atoms with Gasteiger partial charge in [-0.1, -0.05) is 50.2 Å². The molecule has 2 aromatic heterocycles. The van der Waals surface area contributed by atoms with Crippen molar-refractivity contribution in [3.05, 3.63) is 71.3 Å². The van der Waals surface area contributed by atoms with Crippen LogP contribution in [0, 0.1) is 0 Å². The molecule has 0 saturated carbocycles. The molecule has 2 atom stereocenters. The summed E-state index contributed by atoms with van der Waals surface area (Å²) in [5.41, 5.74) is 0.997. The van der Waals surface area contributed by atoms with Crippen molar-refractivity contribution in [2.45, 2.75) is 38.5 Å². The van der Waals surface area contributed by atoms with Gasteiger partial charge in [-0.3, -0.25) is 0 Å². The maximum Gasteiger partial charge on any atom is 0.134 e. The van der Waals surface area contributed by atoms with Crippen LogP contribution in [-0.2, 0) is 0 Å². The summed E-state index contributed by atoms with van der Waals surface area (Å²) in [4.78, 5) is 1.49. The first-order chi connectivity index (χ1) is 11.7. The zero-order chi connectivity index (χ0) is 16.5. The van der Waals surface area contributed by atoms with E-state index >= 15 is 0 Å². The smallest absolute Gasteiger partial charge is 0.134 e. The van der Waals surface area contributed by atoms with Crippen molar-refractivity contribution in [1.82, 2.24) is 0 Å². The van der Waals surface area contributed by atoms with Crippen molar-refractivity contribution in [2.24, 2.45) is 0 Å². The molecular formula is C22H22OS. The third kappa shape index (κ3) is 2.99. The molecule has 0 fully saturated rings. The molecule has 0 saturated heterocycles. The lowest BCUT2D eigenvalue weighted by Gasteiger charge is -2.12. The number of furan rings is 1. The summed E-state index contributed by atoms with van der Waals surface area (Å²) in [5.74, 6) is 2.16. The molecule has 1 nitrogen and oxygen atoms in total. The van der Waals surface area contributed by atoms with E-state index in [1.165, 1.54) is 26.8 Å². The van der Waals surface area contributed by atoms with Crippen LogP contribution in [-0.4, -0.2) is 0 Å². The van der Waals surface area contributed by atoms with E-state index in [2.05, 4.69) is 62.4 Å². The Morgan fingerprint density at radius 3 is 2.33 bits per heavy atom. The number of hydrogen-bond donors (Lipinski definition) is 0. The van der Waals surface area contributed by atoms with Crippen molar-refractivity contribution in [1.29, 1.82) is 0 Å². The fraction of sp³-hybridized carbons (Fsp3) is 0.273. The van der Waals surface area contributed by atoms with Crippen LogP contribution in [0.3, 0.4) is 0 Å². The van der Waals surface area contributed by atoms with Gasteiger partial charge in [0.1, 0.15) is 11.3 Å². The number of benzene rings is 2. The third-order valence-corrected chi connectivity index (χ3v) is 6.24. The maximum absolute atomic E-state index is 6.02. The van der Waals surface area contributed by atoms with Crippen LogP contribution in [0.15, 0.2) is 65.1 Å². The number of para-hydroxylation sites is 1. The van der Waals surface area contributed by atoms with Gasteiger partial charge in [-0.2, -0.15) is 0 Å². The molecule has 0 N–H and O–H groups in total. The molecule has 0 aliphatic carbocycles. The van der Waals surface area contributed by atoms with Gasteiger partial charge in [-0.25, -0.2) is 0 Å². The normalized spacial score (nSPS) is 14.2. The van der Waals surface area contributed by atoms with Crippen LogP contribution in [0.2, 0.25) is 0 Å². The van der Waals surface area contributed by atoms with Crippen LogP contribution in [0.25, 0.3) is 21.1 Å². The second-order valence-electron chi connectivity index (χ2n) is 6.75. The molecule has 2 unspecified atom stereocenters. The molecule has 4 aromatic rings. The minimum Gasteiger partial charge on any atom is -0.461 e. The lowest BCUT2D eigenvalue weighted by Crippen LogP contribution is -1.96.